The van der Waals surface area contributed by atoms with Gasteiger partial charge >= 0.3 is 0 Å². The van der Waals surface area contributed by atoms with Crippen molar-refractivity contribution < 1.29 is 4.48 Å². The summed E-state index contributed by atoms with van der Waals surface area (Å²) in [5.41, 5.74) is 1.66. The topological polar surface area (TPSA) is 3.24 Å². The zero-order valence-electron chi connectivity index (χ0n) is 7.38. The average Bonchev–Trinajstić information content (AvgIpc) is 2.18. The highest BCUT2D eigenvalue weighted by atomic mass is 35.5. The van der Waals surface area contributed by atoms with Crippen molar-refractivity contribution in [3.05, 3.63) is 11.6 Å². The number of hydrogen-bond donors (Lipinski definition) is 0. The molecule has 2 nitrogen and oxygen atoms in total. The first kappa shape index (κ1) is 8.54. The maximum absolute atomic E-state index is 5.55. The van der Waals surface area contributed by atoms with Crippen molar-refractivity contribution >= 4 is 11.6 Å². The zero-order valence-corrected chi connectivity index (χ0v) is 8.13. The first-order valence-electron chi connectivity index (χ1n) is 4.67. The van der Waals surface area contributed by atoms with Crippen LogP contribution in [0.25, 0.3) is 0 Å². The van der Waals surface area contributed by atoms with Crippen molar-refractivity contribution in [1.29, 1.82) is 0 Å². The second-order valence-corrected chi connectivity index (χ2v) is 4.15. The summed E-state index contributed by atoms with van der Waals surface area (Å²) in [7, 11) is 0. The summed E-state index contributed by atoms with van der Waals surface area (Å²) in [5, 5.41) is 0. The molecule has 0 aromatic carbocycles. The lowest BCUT2D eigenvalue weighted by molar-refractivity contribution is -0.935. The molecule has 0 aromatic rings. The maximum Gasteiger partial charge on any atom is 0.0986 e. The molecule has 0 radical (unpaired) electrons. The molecule has 0 aromatic heterocycles. The van der Waals surface area contributed by atoms with Gasteiger partial charge in [0.05, 0.1) is 26.2 Å². The lowest BCUT2D eigenvalue weighted by Gasteiger charge is -2.50. The molecule has 3 rings (SSSR count). The van der Waals surface area contributed by atoms with Crippen LogP contribution in [0.4, 0.5) is 0 Å². The third-order valence-electron chi connectivity index (χ3n) is 3.25. The van der Waals surface area contributed by atoms with Gasteiger partial charge in [0.25, 0.3) is 0 Å². The number of fused-ring (bicyclic) bond motifs is 3. The monoisotopic (exact) mass is 187 g/mol. The lowest BCUT2D eigenvalue weighted by atomic mass is 10.1. The van der Waals surface area contributed by atoms with E-state index in [0.717, 1.165) is 6.54 Å². The highest BCUT2D eigenvalue weighted by Gasteiger charge is 2.37. The summed E-state index contributed by atoms with van der Waals surface area (Å²) < 4.78 is 1.28. The highest BCUT2D eigenvalue weighted by molar-refractivity contribution is 6.25. The van der Waals surface area contributed by atoms with E-state index in [-0.39, 0.29) is 0 Å². The van der Waals surface area contributed by atoms with Gasteiger partial charge in [0, 0.05) is 25.2 Å². The van der Waals surface area contributed by atoms with Crippen LogP contribution < -0.4 is 0 Å². The largest absolute Gasteiger partial charge is 0.317 e. The molecule has 3 aliphatic heterocycles. The molecule has 2 bridgehead atoms. The molecule has 3 heterocycles. The standard InChI is InChI=1S/C9H16ClN2/c10-2-1-6-12-7-3-11(4-8-12)5-9-12/h1-2H,3-9H2/q+1/b2-1+. The third-order valence-corrected chi connectivity index (χ3v) is 3.43. The summed E-state index contributed by atoms with van der Waals surface area (Å²) in [4.78, 5) is 2.56. The molecule has 0 atom stereocenters. The summed E-state index contributed by atoms with van der Waals surface area (Å²) in [6.45, 7) is 8.96. The second kappa shape index (κ2) is 3.36. The third kappa shape index (κ3) is 1.51. The van der Waals surface area contributed by atoms with Gasteiger partial charge in [0.15, 0.2) is 0 Å². The molecular weight excluding hydrogens is 172 g/mol. The zero-order chi connectivity index (χ0) is 8.44. The minimum Gasteiger partial charge on any atom is -0.317 e. The smallest absolute Gasteiger partial charge is 0.0986 e. The van der Waals surface area contributed by atoms with Gasteiger partial charge in [-0.2, -0.15) is 0 Å². The van der Waals surface area contributed by atoms with Gasteiger partial charge in [0.2, 0.25) is 0 Å². The van der Waals surface area contributed by atoms with Crippen LogP contribution in [0.15, 0.2) is 11.6 Å². The summed E-state index contributed by atoms with van der Waals surface area (Å²) >= 11 is 5.55. The Labute approximate surface area is 79.0 Å². The predicted molar refractivity (Wildman–Crippen MR) is 51.2 cm³/mol. The molecule has 0 saturated carbocycles. The van der Waals surface area contributed by atoms with Crippen molar-refractivity contribution in [2.45, 2.75) is 0 Å². The Balaban J connectivity index is 1.99. The van der Waals surface area contributed by atoms with E-state index in [2.05, 4.69) is 11.0 Å². The highest BCUT2D eigenvalue weighted by Crippen LogP contribution is 2.19. The fraction of sp³-hybridized carbons (Fsp3) is 0.778. The first-order valence-corrected chi connectivity index (χ1v) is 5.11. The van der Waals surface area contributed by atoms with Crippen LogP contribution in [0.5, 0.6) is 0 Å². The molecular formula is C9H16ClN2+. The van der Waals surface area contributed by atoms with Crippen LogP contribution in [0, 0.1) is 0 Å². The van der Waals surface area contributed by atoms with Gasteiger partial charge in [-0.25, -0.2) is 0 Å². The van der Waals surface area contributed by atoms with Crippen LogP contribution in [0.1, 0.15) is 0 Å². The van der Waals surface area contributed by atoms with E-state index in [1.54, 1.807) is 5.54 Å². The Morgan fingerprint density at radius 3 is 2.25 bits per heavy atom. The molecule has 0 amide bonds. The average molecular weight is 188 g/mol. The Morgan fingerprint density at radius 2 is 1.75 bits per heavy atom. The number of quaternary nitrogens is 1. The summed E-state index contributed by atoms with van der Waals surface area (Å²) in [6.07, 6.45) is 2.10. The molecule has 3 heteroatoms. The molecule has 3 fully saturated rings. The number of piperazine rings is 3. The summed E-state index contributed by atoms with van der Waals surface area (Å²) in [5.74, 6) is 0. The predicted octanol–water partition coefficient (Wildman–Crippen LogP) is 0.885. The van der Waals surface area contributed by atoms with Crippen molar-refractivity contribution in [3.63, 3.8) is 0 Å². The van der Waals surface area contributed by atoms with Crippen molar-refractivity contribution in [1.82, 2.24) is 4.90 Å². The van der Waals surface area contributed by atoms with Crippen LogP contribution in [-0.4, -0.2) is 55.2 Å². The number of hydrogen-bond acceptors (Lipinski definition) is 1. The molecule has 0 unspecified atom stereocenters. The van der Waals surface area contributed by atoms with Gasteiger partial charge in [0.1, 0.15) is 0 Å². The summed E-state index contributed by atoms with van der Waals surface area (Å²) in [6, 6.07) is 0. The Morgan fingerprint density at radius 1 is 1.17 bits per heavy atom. The lowest BCUT2D eigenvalue weighted by Crippen LogP contribution is -2.67. The van der Waals surface area contributed by atoms with Gasteiger partial charge in [-0.1, -0.05) is 11.6 Å². The Hall–Kier alpha value is -0.0500. The minimum atomic E-state index is 1.14. The molecule has 3 saturated heterocycles. The first-order chi connectivity index (χ1) is 5.85. The van der Waals surface area contributed by atoms with Crippen molar-refractivity contribution in [2.75, 3.05) is 45.8 Å². The van der Waals surface area contributed by atoms with Crippen LogP contribution in [0.2, 0.25) is 0 Å². The van der Waals surface area contributed by atoms with E-state index in [1.165, 1.54) is 43.8 Å². The van der Waals surface area contributed by atoms with E-state index in [0.29, 0.717) is 0 Å². The molecule has 68 valence electrons. The molecule has 0 N–H and O–H groups in total. The maximum atomic E-state index is 5.55. The van der Waals surface area contributed by atoms with Crippen molar-refractivity contribution in [3.8, 4) is 0 Å². The van der Waals surface area contributed by atoms with Gasteiger partial charge in [-0.15, -0.1) is 0 Å². The molecule has 0 aliphatic carbocycles. The van der Waals surface area contributed by atoms with Crippen molar-refractivity contribution in [2.24, 2.45) is 0 Å². The van der Waals surface area contributed by atoms with E-state index in [1.807, 2.05) is 0 Å². The van der Waals surface area contributed by atoms with E-state index < -0.39 is 0 Å². The van der Waals surface area contributed by atoms with E-state index in [9.17, 15) is 0 Å². The van der Waals surface area contributed by atoms with Crippen LogP contribution in [0.3, 0.4) is 0 Å². The number of rotatable bonds is 2. The minimum absolute atomic E-state index is 1.14. The van der Waals surface area contributed by atoms with E-state index >= 15 is 0 Å². The quantitative estimate of drug-likeness (QED) is 0.581. The number of halogens is 1. The van der Waals surface area contributed by atoms with Gasteiger partial charge < -0.3 is 4.48 Å². The van der Waals surface area contributed by atoms with E-state index in [4.69, 9.17) is 11.6 Å². The fourth-order valence-electron chi connectivity index (χ4n) is 2.27. The van der Waals surface area contributed by atoms with Gasteiger partial charge in [-0.3, -0.25) is 4.90 Å². The SMILES string of the molecule is Cl/C=C/C[N+]12CCN(CC1)CC2. The Bertz CT molecular complexity index is 169. The molecule has 0 spiro atoms. The normalized spacial score (nSPS) is 40.9. The molecule has 3 aliphatic rings. The fourth-order valence-corrected chi connectivity index (χ4v) is 2.35. The van der Waals surface area contributed by atoms with Crippen LogP contribution >= 0.6 is 11.6 Å². The Kier molecular flexibility index (Phi) is 2.40. The van der Waals surface area contributed by atoms with Gasteiger partial charge in [-0.05, 0) is 6.08 Å². The second-order valence-electron chi connectivity index (χ2n) is 3.90. The number of nitrogens with zero attached hydrogens (tertiary/aromatic N) is 2. The van der Waals surface area contributed by atoms with Crippen LogP contribution in [-0.2, 0) is 0 Å². The molecule has 12 heavy (non-hydrogen) atoms.